The number of nitrogens with two attached hydrogens (primary N) is 1. The fraction of sp³-hybridized carbons (Fsp3) is 0.364. The highest BCUT2D eigenvalue weighted by molar-refractivity contribution is 5.89. The van der Waals surface area contributed by atoms with Gasteiger partial charge in [-0.1, -0.05) is 18.2 Å². The number of hydrogen-bond acceptors (Lipinski definition) is 3. The molecule has 1 aromatic carbocycles. The van der Waals surface area contributed by atoms with Crippen molar-refractivity contribution >= 4 is 11.5 Å². The Hall–Kier alpha value is -1.35. The van der Waals surface area contributed by atoms with E-state index in [9.17, 15) is 0 Å². The van der Waals surface area contributed by atoms with Gasteiger partial charge >= 0.3 is 0 Å². The fourth-order valence-electron chi connectivity index (χ4n) is 2.28. The number of rotatable bonds is 0. The summed E-state index contributed by atoms with van der Waals surface area (Å²) < 4.78 is 5.46. The highest BCUT2D eigenvalue weighted by Crippen LogP contribution is 2.40. The normalized spacial score (nSPS) is 29.3. The maximum atomic E-state index is 5.90. The molecular formula is C11H12N2O. The van der Waals surface area contributed by atoms with Crippen LogP contribution in [0.15, 0.2) is 29.3 Å². The number of aliphatic imine (C=N–C) groups is 1. The standard InChI is InChI=1S/C11H12N2O/c12-11-9-6-14-5-8(9)7-3-1-2-4-10(7)13-11/h1-4,8-9H,5-6H2,(H2,12,13)/t8-,9-/m0/s1. The molecule has 0 aliphatic carbocycles. The monoisotopic (exact) mass is 188 g/mol. The lowest BCUT2D eigenvalue weighted by atomic mass is 9.85. The summed E-state index contributed by atoms with van der Waals surface area (Å²) in [6.45, 7) is 1.49. The van der Waals surface area contributed by atoms with Crippen LogP contribution in [0.5, 0.6) is 0 Å². The number of hydrogen-bond donors (Lipinski definition) is 1. The van der Waals surface area contributed by atoms with Crippen molar-refractivity contribution in [3.63, 3.8) is 0 Å². The molecule has 0 aromatic heterocycles. The van der Waals surface area contributed by atoms with Gasteiger partial charge in [-0.05, 0) is 11.6 Å². The molecule has 2 heterocycles. The molecule has 72 valence electrons. The summed E-state index contributed by atoms with van der Waals surface area (Å²) in [6, 6.07) is 8.17. The van der Waals surface area contributed by atoms with Crippen molar-refractivity contribution in [1.29, 1.82) is 0 Å². The largest absolute Gasteiger partial charge is 0.387 e. The van der Waals surface area contributed by atoms with E-state index in [-0.39, 0.29) is 0 Å². The van der Waals surface area contributed by atoms with E-state index in [0.29, 0.717) is 18.4 Å². The minimum absolute atomic E-state index is 0.296. The summed E-state index contributed by atoms with van der Waals surface area (Å²) in [7, 11) is 0. The second-order valence-electron chi connectivity index (χ2n) is 3.85. The number of amidine groups is 1. The highest BCUT2D eigenvalue weighted by atomic mass is 16.5. The van der Waals surface area contributed by atoms with Crippen LogP contribution in [0, 0.1) is 5.92 Å². The molecule has 2 aliphatic heterocycles. The zero-order valence-electron chi connectivity index (χ0n) is 7.81. The van der Waals surface area contributed by atoms with Crippen molar-refractivity contribution in [2.45, 2.75) is 5.92 Å². The van der Waals surface area contributed by atoms with E-state index in [1.807, 2.05) is 18.2 Å². The van der Waals surface area contributed by atoms with Crippen molar-refractivity contribution in [2.24, 2.45) is 16.6 Å². The maximum Gasteiger partial charge on any atom is 0.106 e. The number of ether oxygens (including phenoxy) is 1. The first-order valence-electron chi connectivity index (χ1n) is 4.87. The molecule has 0 spiro atoms. The third-order valence-electron chi connectivity index (χ3n) is 3.05. The van der Waals surface area contributed by atoms with Gasteiger partial charge in [0.2, 0.25) is 0 Å². The van der Waals surface area contributed by atoms with Crippen LogP contribution in [-0.4, -0.2) is 19.0 Å². The van der Waals surface area contributed by atoms with Gasteiger partial charge in [-0.25, -0.2) is 4.99 Å². The van der Waals surface area contributed by atoms with Crippen LogP contribution in [0.2, 0.25) is 0 Å². The molecule has 14 heavy (non-hydrogen) atoms. The van der Waals surface area contributed by atoms with Crippen molar-refractivity contribution in [3.8, 4) is 0 Å². The molecule has 0 bridgehead atoms. The van der Waals surface area contributed by atoms with Crippen molar-refractivity contribution in [2.75, 3.05) is 13.2 Å². The highest BCUT2D eigenvalue weighted by Gasteiger charge is 2.36. The second kappa shape index (κ2) is 2.82. The molecular weight excluding hydrogens is 176 g/mol. The smallest absolute Gasteiger partial charge is 0.106 e. The average Bonchev–Trinajstić information content (AvgIpc) is 2.67. The van der Waals surface area contributed by atoms with Crippen molar-refractivity contribution in [3.05, 3.63) is 29.8 Å². The number of benzene rings is 1. The molecule has 1 aromatic rings. The zero-order chi connectivity index (χ0) is 9.54. The van der Waals surface area contributed by atoms with Crippen molar-refractivity contribution < 1.29 is 4.74 Å². The molecule has 3 nitrogen and oxygen atoms in total. The fourth-order valence-corrected chi connectivity index (χ4v) is 2.28. The van der Waals surface area contributed by atoms with E-state index in [1.54, 1.807) is 0 Å². The third-order valence-corrected chi connectivity index (χ3v) is 3.05. The van der Waals surface area contributed by atoms with Gasteiger partial charge in [0.1, 0.15) is 5.84 Å². The lowest BCUT2D eigenvalue weighted by Crippen LogP contribution is -2.30. The summed E-state index contributed by atoms with van der Waals surface area (Å²) >= 11 is 0. The Balaban J connectivity index is 2.16. The van der Waals surface area contributed by atoms with Crippen molar-refractivity contribution in [1.82, 2.24) is 0 Å². The van der Waals surface area contributed by atoms with Gasteiger partial charge in [-0.2, -0.15) is 0 Å². The van der Waals surface area contributed by atoms with E-state index < -0.39 is 0 Å². The zero-order valence-corrected chi connectivity index (χ0v) is 7.81. The van der Waals surface area contributed by atoms with E-state index in [0.717, 1.165) is 18.1 Å². The Bertz CT molecular complexity index is 400. The molecule has 0 radical (unpaired) electrons. The van der Waals surface area contributed by atoms with Crippen LogP contribution in [0.1, 0.15) is 11.5 Å². The lowest BCUT2D eigenvalue weighted by molar-refractivity contribution is 0.190. The molecule has 3 rings (SSSR count). The van der Waals surface area contributed by atoms with Gasteiger partial charge in [-0.15, -0.1) is 0 Å². The first-order chi connectivity index (χ1) is 6.86. The van der Waals surface area contributed by atoms with E-state index in [1.165, 1.54) is 5.56 Å². The quantitative estimate of drug-likeness (QED) is 0.669. The molecule has 1 saturated heterocycles. The summed E-state index contributed by atoms with van der Waals surface area (Å²) in [6.07, 6.45) is 0. The predicted octanol–water partition coefficient (Wildman–Crippen LogP) is 1.42. The summed E-state index contributed by atoms with van der Waals surface area (Å²) in [4.78, 5) is 4.40. The Morgan fingerprint density at radius 3 is 2.93 bits per heavy atom. The molecule has 2 atom stereocenters. The van der Waals surface area contributed by atoms with Gasteiger partial charge in [0.15, 0.2) is 0 Å². The van der Waals surface area contributed by atoms with Crippen LogP contribution >= 0.6 is 0 Å². The van der Waals surface area contributed by atoms with Crippen LogP contribution in [0.25, 0.3) is 0 Å². The van der Waals surface area contributed by atoms with Crippen LogP contribution < -0.4 is 5.73 Å². The predicted molar refractivity (Wildman–Crippen MR) is 54.8 cm³/mol. The van der Waals surface area contributed by atoms with Crippen LogP contribution in [0.4, 0.5) is 5.69 Å². The van der Waals surface area contributed by atoms with Gasteiger partial charge in [0.05, 0.1) is 18.9 Å². The minimum Gasteiger partial charge on any atom is -0.387 e. The molecule has 2 aliphatic rings. The minimum atomic E-state index is 0.296. The van der Waals surface area contributed by atoms with Gasteiger partial charge < -0.3 is 10.5 Å². The summed E-state index contributed by atoms with van der Waals surface area (Å²) in [5, 5.41) is 0. The Labute approximate surface area is 82.6 Å². The first kappa shape index (κ1) is 8.00. The summed E-state index contributed by atoms with van der Waals surface area (Å²) in [5.41, 5.74) is 8.20. The topological polar surface area (TPSA) is 47.6 Å². The van der Waals surface area contributed by atoms with Crippen LogP contribution in [0.3, 0.4) is 0 Å². The average molecular weight is 188 g/mol. The molecule has 1 fully saturated rings. The molecule has 0 saturated carbocycles. The number of para-hydroxylation sites is 1. The van der Waals surface area contributed by atoms with Crippen LogP contribution in [-0.2, 0) is 4.74 Å². The number of nitrogens with zero attached hydrogens (tertiary/aromatic N) is 1. The van der Waals surface area contributed by atoms with E-state index in [2.05, 4.69) is 11.1 Å². The van der Waals surface area contributed by atoms with Gasteiger partial charge in [0, 0.05) is 11.8 Å². The van der Waals surface area contributed by atoms with E-state index >= 15 is 0 Å². The van der Waals surface area contributed by atoms with Gasteiger partial charge in [-0.3, -0.25) is 0 Å². The number of fused-ring (bicyclic) bond motifs is 3. The Morgan fingerprint density at radius 2 is 2.00 bits per heavy atom. The summed E-state index contributed by atoms with van der Waals surface area (Å²) in [5.74, 6) is 1.44. The lowest BCUT2D eigenvalue weighted by Gasteiger charge is -2.23. The van der Waals surface area contributed by atoms with Gasteiger partial charge in [0.25, 0.3) is 0 Å². The third kappa shape index (κ3) is 0.990. The van der Waals surface area contributed by atoms with E-state index in [4.69, 9.17) is 10.5 Å². The Kier molecular flexibility index (Phi) is 1.61. The molecule has 2 N–H and O–H groups in total. The first-order valence-corrected chi connectivity index (χ1v) is 4.87. The molecule has 3 heteroatoms. The maximum absolute atomic E-state index is 5.90. The molecule has 0 amide bonds. The molecule has 0 unspecified atom stereocenters. The SMILES string of the molecule is NC1=Nc2ccccc2[C@@H]2COC[C@H]12. The Morgan fingerprint density at radius 1 is 1.21 bits per heavy atom. The second-order valence-corrected chi connectivity index (χ2v) is 3.85.